The minimum Gasteiger partial charge on any atom is -0.455 e. The monoisotopic (exact) mass is 581 g/mol. The highest BCUT2D eigenvalue weighted by Crippen LogP contribution is 2.42. The average Bonchev–Trinajstić information content (AvgIpc) is 3.57. The Bertz CT molecular complexity index is 2030. The molecule has 0 unspecified atom stereocenters. The van der Waals surface area contributed by atoms with Gasteiger partial charge in [-0.25, -0.2) is 8.42 Å². The van der Waals surface area contributed by atoms with Crippen LogP contribution in [0.5, 0.6) is 0 Å². The zero-order chi connectivity index (χ0) is 28.9. The van der Waals surface area contributed by atoms with E-state index in [1.54, 1.807) is 30.6 Å². The average molecular weight is 582 g/mol. The Kier molecular flexibility index (Phi) is 6.63. The number of pyridine rings is 1. The van der Waals surface area contributed by atoms with Crippen molar-refractivity contribution in [2.75, 3.05) is 24.7 Å². The van der Waals surface area contributed by atoms with E-state index in [-0.39, 0.29) is 5.91 Å². The molecule has 1 amide bonds. The van der Waals surface area contributed by atoms with Gasteiger partial charge in [0.05, 0.1) is 28.1 Å². The van der Waals surface area contributed by atoms with E-state index in [0.29, 0.717) is 33.5 Å². The number of sulfonamides is 1. The summed E-state index contributed by atoms with van der Waals surface area (Å²) in [6.07, 6.45) is 2.88. The molecular formula is C32H27N3O4S2. The van der Waals surface area contributed by atoms with Crippen LogP contribution in [0.25, 0.3) is 54.1 Å². The van der Waals surface area contributed by atoms with Gasteiger partial charge in [0.1, 0.15) is 11.3 Å². The zero-order valence-electron chi connectivity index (χ0n) is 22.9. The second-order valence-electron chi connectivity index (χ2n) is 9.93. The van der Waals surface area contributed by atoms with Crippen LogP contribution in [0.3, 0.4) is 0 Å². The summed E-state index contributed by atoms with van der Waals surface area (Å²) in [4.78, 5) is 18.8. The summed E-state index contributed by atoms with van der Waals surface area (Å²) >= 11 is 1.65. The van der Waals surface area contributed by atoms with Gasteiger partial charge in [0.15, 0.2) is 0 Å². The summed E-state index contributed by atoms with van der Waals surface area (Å²) in [5.74, 6) is 0.125. The molecule has 0 radical (unpaired) electrons. The molecule has 206 valence electrons. The first-order chi connectivity index (χ1) is 19.6. The fourth-order valence-corrected chi connectivity index (χ4v) is 6.44. The second-order valence-corrected chi connectivity index (χ2v) is 13.0. The Balaban J connectivity index is 1.61. The van der Waals surface area contributed by atoms with Gasteiger partial charge in [-0.3, -0.25) is 14.1 Å². The Morgan fingerprint density at radius 1 is 0.976 bits per heavy atom. The normalized spacial score (nSPS) is 11.7. The van der Waals surface area contributed by atoms with Crippen molar-refractivity contribution in [2.24, 2.45) is 0 Å². The van der Waals surface area contributed by atoms with Crippen LogP contribution in [0.2, 0.25) is 0 Å². The molecule has 1 N–H and O–H groups in total. The molecule has 3 aromatic heterocycles. The summed E-state index contributed by atoms with van der Waals surface area (Å²) in [7, 11) is -0.529. The van der Waals surface area contributed by atoms with Crippen LogP contribution in [0.4, 0.5) is 5.69 Å². The highest BCUT2D eigenvalue weighted by Gasteiger charge is 2.26. The van der Waals surface area contributed by atoms with Crippen molar-refractivity contribution in [3.8, 4) is 33.0 Å². The fourth-order valence-electron chi connectivity index (χ4n) is 4.90. The summed E-state index contributed by atoms with van der Waals surface area (Å²) in [6, 6.07) is 25.3. The molecular weight excluding hydrogens is 555 g/mol. The second kappa shape index (κ2) is 10.2. The maximum absolute atomic E-state index is 13.2. The number of amides is 1. The highest BCUT2D eigenvalue weighted by atomic mass is 32.2. The van der Waals surface area contributed by atoms with E-state index >= 15 is 0 Å². The van der Waals surface area contributed by atoms with Crippen molar-refractivity contribution in [1.82, 2.24) is 10.3 Å². The Labute approximate surface area is 242 Å². The van der Waals surface area contributed by atoms with Gasteiger partial charge in [-0.05, 0) is 48.2 Å². The standard InChI is InChI=1S/C32H27N3O4S2/c1-19-9-11-20(12-10-19)31-30(32(36)33-2)24-17-23(26(18-27(24)39-31)35(3)41(4,37)38)21-13-14-34-25(15-21)29-16-22-7-5-6-8-28(22)40-29/h5-18H,1-4H3,(H,33,36). The highest BCUT2D eigenvalue weighted by molar-refractivity contribution is 7.92. The molecule has 0 spiro atoms. The molecule has 0 saturated carbocycles. The van der Waals surface area contributed by atoms with Gasteiger partial charge >= 0.3 is 0 Å². The molecule has 6 rings (SSSR count). The third-order valence-corrected chi connectivity index (χ3v) is 9.49. The molecule has 0 aliphatic heterocycles. The van der Waals surface area contributed by atoms with Crippen LogP contribution < -0.4 is 9.62 Å². The number of fused-ring (bicyclic) bond motifs is 2. The lowest BCUT2D eigenvalue weighted by molar-refractivity contribution is 0.0964. The number of rotatable bonds is 6. The summed E-state index contributed by atoms with van der Waals surface area (Å²) in [6.45, 7) is 1.99. The first-order valence-electron chi connectivity index (χ1n) is 12.9. The largest absolute Gasteiger partial charge is 0.455 e. The Morgan fingerprint density at radius 2 is 1.73 bits per heavy atom. The van der Waals surface area contributed by atoms with E-state index in [1.807, 2.05) is 61.5 Å². The molecule has 0 saturated heterocycles. The van der Waals surface area contributed by atoms with Crippen LogP contribution >= 0.6 is 11.3 Å². The van der Waals surface area contributed by atoms with Crippen molar-refractivity contribution in [2.45, 2.75) is 6.92 Å². The third-order valence-electron chi connectivity index (χ3n) is 7.16. The number of aromatic nitrogens is 1. The number of furan rings is 1. The molecule has 3 aromatic carbocycles. The first-order valence-corrected chi connectivity index (χ1v) is 15.6. The minimum absolute atomic E-state index is 0.296. The Hall–Kier alpha value is -4.47. The van der Waals surface area contributed by atoms with Crippen LogP contribution in [-0.4, -0.2) is 39.7 Å². The number of nitrogens with one attached hydrogen (secondary N) is 1. The number of hydrogen-bond donors (Lipinski definition) is 1. The smallest absolute Gasteiger partial charge is 0.255 e. The Morgan fingerprint density at radius 3 is 2.44 bits per heavy atom. The van der Waals surface area contributed by atoms with E-state index in [0.717, 1.165) is 43.6 Å². The number of carbonyl (C=O) groups excluding carboxylic acids is 1. The van der Waals surface area contributed by atoms with Crippen molar-refractivity contribution >= 4 is 54.0 Å². The predicted octanol–water partition coefficient (Wildman–Crippen LogP) is 7.11. The van der Waals surface area contributed by atoms with Crippen LogP contribution in [0.1, 0.15) is 15.9 Å². The van der Waals surface area contributed by atoms with E-state index < -0.39 is 10.0 Å². The molecule has 0 fully saturated rings. The van der Waals surface area contributed by atoms with Crippen LogP contribution in [-0.2, 0) is 10.0 Å². The summed E-state index contributed by atoms with van der Waals surface area (Å²) in [5.41, 5.74) is 5.24. The topological polar surface area (TPSA) is 92.5 Å². The maximum Gasteiger partial charge on any atom is 0.255 e. The van der Waals surface area contributed by atoms with Crippen molar-refractivity contribution < 1.29 is 17.6 Å². The molecule has 7 nitrogen and oxygen atoms in total. The first kappa shape index (κ1) is 26.7. The minimum atomic E-state index is -3.62. The lowest BCUT2D eigenvalue weighted by Crippen LogP contribution is -2.25. The van der Waals surface area contributed by atoms with Gasteiger partial charge in [-0.2, -0.15) is 0 Å². The molecule has 0 bridgehead atoms. The summed E-state index contributed by atoms with van der Waals surface area (Å²) in [5, 5.41) is 4.45. The third kappa shape index (κ3) is 4.87. The fraction of sp³-hybridized carbons (Fsp3) is 0.125. The van der Waals surface area contributed by atoms with Gasteiger partial charge in [-0.15, -0.1) is 11.3 Å². The summed E-state index contributed by atoms with van der Waals surface area (Å²) < 4.78 is 34.1. The SMILES string of the molecule is CNC(=O)c1c(-c2ccc(C)cc2)oc2cc(N(C)S(C)(=O)=O)c(-c3ccnc(-c4cc5ccccc5s4)c3)cc12. The van der Waals surface area contributed by atoms with E-state index in [9.17, 15) is 13.2 Å². The number of carbonyl (C=O) groups is 1. The van der Waals surface area contributed by atoms with Gasteiger partial charge < -0.3 is 9.73 Å². The number of benzene rings is 3. The predicted molar refractivity (Wildman–Crippen MR) is 167 cm³/mol. The molecule has 9 heteroatoms. The van der Waals surface area contributed by atoms with E-state index in [2.05, 4.69) is 28.5 Å². The van der Waals surface area contributed by atoms with Gasteiger partial charge in [0.2, 0.25) is 10.0 Å². The molecule has 6 aromatic rings. The van der Waals surface area contributed by atoms with Gasteiger partial charge in [-0.1, -0.05) is 48.0 Å². The number of hydrogen-bond acceptors (Lipinski definition) is 6. The lowest BCUT2D eigenvalue weighted by Gasteiger charge is -2.21. The quantitative estimate of drug-likeness (QED) is 0.226. The maximum atomic E-state index is 13.2. The van der Waals surface area contributed by atoms with Crippen molar-refractivity contribution in [3.63, 3.8) is 0 Å². The van der Waals surface area contributed by atoms with Crippen molar-refractivity contribution in [1.29, 1.82) is 0 Å². The van der Waals surface area contributed by atoms with E-state index in [4.69, 9.17) is 4.42 Å². The zero-order valence-corrected chi connectivity index (χ0v) is 24.6. The van der Waals surface area contributed by atoms with Crippen molar-refractivity contribution in [3.05, 3.63) is 96.2 Å². The number of anilines is 1. The number of nitrogens with zero attached hydrogens (tertiary/aromatic N) is 2. The van der Waals surface area contributed by atoms with Crippen LogP contribution in [0.15, 0.2) is 89.5 Å². The molecule has 0 aliphatic rings. The lowest BCUT2D eigenvalue weighted by atomic mass is 9.98. The van der Waals surface area contributed by atoms with Crippen LogP contribution in [0, 0.1) is 6.92 Å². The van der Waals surface area contributed by atoms with Gasteiger partial charge in [0.25, 0.3) is 5.91 Å². The van der Waals surface area contributed by atoms with E-state index in [1.165, 1.54) is 11.4 Å². The molecule has 3 heterocycles. The number of aryl methyl sites for hydroxylation is 1. The molecule has 41 heavy (non-hydrogen) atoms. The molecule has 0 atom stereocenters. The molecule has 0 aliphatic carbocycles. The number of thiophene rings is 1. The van der Waals surface area contributed by atoms with Gasteiger partial charge in [0, 0.05) is 47.6 Å².